The molecule has 1 aromatic heterocycles. The van der Waals surface area contributed by atoms with E-state index in [4.69, 9.17) is 5.73 Å². The Morgan fingerprint density at radius 2 is 2.31 bits per heavy atom. The third-order valence-corrected chi connectivity index (χ3v) is 2.47. The van der Waals surface area contributed by atoms with Gasteiger partial charge in [0.15, 0.2) is 0 Å². The second-order valence-electron chi connectivity index (χ2n) is 3.74. The first kappa shape index (κ1) is 12.3. The van der Waals surface area contributed by atoms with Crippen LogP contribution in [-0.4, -0.2) is 31.5 Å². The standard InChI is InChI=1S/C11H18N4O/c1-8-7-14-10(6-9(8)12)15(3)5-4-11(16)13-2/h6-7H,4-5H2,1-3H3,(H2,12,14)(H,13,16). The van der Waals surface area contributed by atoms with E-state index in [0.29, 0.717) is 13.0 Å². The fourth-order valence-corrected chi connectivity index (χ4v) is 1.25. The molecule has 0 aromatic carbocycles. The van der Waals surface area contributed by atoms with Crippen LogP contribution in [0.25, 0.3) is 0 Å². The van der Waals surface area contributed by atoms with Gasteiger partial charge < -0.3 is 16.0 Å². The molecule has 0 aliphatic heterocycles. The van der Waals surface area contributed by atoms with E-state index in [2.05, 4.69) is 10.3 Å². The molecular weight excluding hydrogens is 204 g/mol. The van der Waals surface area contributed by atoms with E-state index in [1.807, 2.05) is 24.9 Å². The van der Waals surface area contributed by atoms with Crippen LogP contribution in [0.4, 0.5) is 11.5 Å². The summed E-state index contributed by atoms with van der Waals surface area (Å²) in [4.78, 5) is 17.3. The van der Waals surface area contributed by atoms with Crippen molar-refractivity contribution in [2.24, 2.45) is 0 Å². The van der Waals surface area contributed by atoms with E-state index in [-0.39, 0.29) is 5.91 Å². The molecule has 0 atom stereocenters. The molecule has 0 aliphatic carbocycles. The Labute approximate surface area is 95.7 Å². The highest BCUT2D eigenvalue weighted by Crippen LogP contribution is 2.16. The van der Waals surface area contributed by atoms with Gasteiger partial charge in [-0.15, -0.1) is 0 Å². The van der Waals surface area contributed by atoms with Crippen molar-refractivity contribution in [2.45, 2.75) is 13.3 Å². The quantitative estimate of drug-likeness (QED) is 0.780. The molecule has 0 bridgehead atoms. The molecule has 3 N–H and O–H groups in total. The minimum absolute atomic E-state index is 0.0203. The van der Waals surface area contributed by atoms with Crippen LogP contribution in [0.1, 0.15) is 12.0 Å². The Hall–Kier alpha value is -1.78. The maximum absolute atomic E-state index is 11.1. The number of hydrogen-bond acceptors (Lipinski definition) is 4. The van der Waals surface area contributed by atoms with Gasteiger partial charge in [0.25, 0.3) is 0 Å². The number of nitrogens with zero attached hydrogens (tertiary/aromatic N) is 2. The number of anilines is 2. The smallest absolute Gasteiger partial charge is 0.221 e. The van der Waals surface area contributed by atoms with Gasteiger partial charge in [-0.3, -0.25) is 4.79 Å². The van der Waals surface area contributed by atoms with Crippen molar-refractivity contribution in [1.82, 2.24) is 10.3 Å². The van der Waals surface area contributed by atoms with Gasteiger partial charge >= 0.3 is 0 Å². The second kappa shape index (κ2) is 5.34. The predicted molar refractivity (Wildman–Crippen MR) is 65.3 cm³/mol. The Kier molecular flexibility index (Phi) is 4.10. The Morgan fingerprint density at radius 3 is 2.88 bits per heavy atom. The monoisotopic (exact) mass is 222 g/mol. The van der Waals surface area contributed by atoms with Crippen molar-refractivity contribution in [3.8, 4) is 0 Å². The zero-order chi connectivity index (χ0) is 12.1. The third kappa shape index (κ3) is 3.12. The number of pyridine rings is 1. The lowest BCUT2D eigenvalue weighted by Gasteiger charge is -2.18. The van der Waals surface area contributed by atoms with Gasteiger partial charge in [0.2, 0.25) is 5.91 Å². The van der Waals surface area contributed by atoms with Crippen LogP contribution in [0.5, 0.6) is 0 Å². The van der Waals surface area contributed by atoms with Crippen molar-refractivity contribution in [3.05, 3.63) is 17.8 Å². The zero-order valence-corrected chi connectivity index (χ0v) is 9.95. The number of amides is 1. The molecule has 1 amide bonds. The SMILES string of the molecule is CNC(=O)CCN(C)c1cc(N)c(C)cn1. The summed E-state index contributed by atoms with van der Waals surface area (Å²) in [6.07, 6.45) is 2.18. The highest BCUT2D eigenvalue weighted by Gasteiger charge is 2.06. The molecule has 5 nitrogen and oxygen atoms in total. The normalized spacial score (nSPS) is 9.94. The average Bonchev–Trinajstić information content (AvgIpc) is 2.29. The molecule has 1 heterocycles. The summed E-state index contributed by atoms with van der Waals surface area (Å²) in [5, 5.41) is 2.58. The van der Waals surface area contributed by atoms with Gasteiger partial charge in [0, 0.05) is 45.0 Å². The maximum Gasteiger partial charge on any atom is 0.221 e. The van der Waals surface area contributed by atoms with Gasteiger partial charge in [-0.2, -0.15) is 0 Å². The lowest BCUT2D eigenvalue weighted by Crippen LogP contribution is -2.26. The molecule has 16 heavy (non-hydrogen) atoms. The van der Waals surface area contributed by atoms with Crippen LogP contribution in [0.2, 0.25) is 0 Å². The molecule has 0 fully saturated rings. The van der Waals surface area contributed by atoms with Crippen LogP contribution < -0.4 is 16.0 Å². The zero-order valence-electron chi connectivity index (χ0n) is 9.95. The fourth-order valence-electron chi connectivity index (χ4n) is 1.25. The molecule has 1 aromatic rings. The first-order valence-corrected chi connectivity index (χ1v) is 5.18. The predicted octanol–water partition coefficient (Wildman–Crippen LogP) is 0.545. The van der Waals surface area contributed by atoms with Gasteiger partial charge in [-0.25, -0.2) is 4.98 Å². The first-order chi connectivity index (χ1) is 7.54. The largest absolute Gasteiger partial charge is 0.398 e. The lowest BCUT2D eigenvalue weighted by molar-refractivity contribution is -0.120. The molecule has 0 spiro atoms. The molecule has 0 unspecified atom stereocenters. The van der Waals surface area contributed by atoms with Gasteiger partial charge in [0.05, 0.1) is 0 Å². The lowest BCUT2D eigenvalue weighted by atomic mass is 10.2. The summed E-state index contributed by atoms with van der Waals surface area (Å²) >= 11 is 0. The van der Waals surface area contributed by atoms with Crippen LogP contribution in [-0.2, 0) is 4.79 Å². The number of nitrogens with two attached hydrogens (primary N) is 1. The van der Waals surface area contributed by atoms with E-state index >= 15 is 0 Å². The highest BCUT2D eigenvalue weighted by atomic mass is 16.1. The summed E-state index contributed by atoms with van der Waals surface area (Å²) in [6.45, 7) is 2.53. The number of nitrogens with one attached hydrogen (secondary N) is 1. The van der Waals surface area contributed by atoms with E-state index in [0.717, 1.165) is 17.1 Å². The minimum atomic E-state index is 0.0203. The molecule has 0 saturated carbocycles. The number of aryl methyl sites for hydroxylation is 1. The fraction of sp³-hybridized carbons (Fsp3) is 0.455. The molecule has 5 heteroatoms. The van der Waals surface area contributed by atoms with Crippen LogP contribution in [0.3, 0.4) is 0 Å². The van der Waals surface area contributed by atoms with Crippen molar-refractivity contribution in [2.75, 3.05) is 31.3 Å². The van der Waals surface area contributed by atoms with E-state index < -0.39 is 0 Å². The molecule has 88 valence electrons. The van der Waals surface area contributed by atoms with Gasteiger partial charge in [-0.1, -0.05) is 0 Å². The molecule has 0 saturated heterocycles. The number of hydrogen-bond donors (Lipinski definition) is 2. The van der Waals surface area contributed by atoms with Gasteiger partial charge in [-0.05, 0) is 12.5 Å². The number of rotatable bonds is 4. The first-order valence-electron chi connectivity index (χ1n) is 5.18. The summed E-state index contributed by atoms with van der Waals surface area (Å²) in [6, 6.07) is 1.82. The van der Waals surface area contributed by atoms with Crippen molar-refractivity contribution in [1.29, 1.82) is 0 Å². The summed E-state index contributed by atoms with van der Waals surface area (Å²) in [7, 11) is 3.52. The maximum atomic E-state index is 11.1. The topological polar surface area (TPSA) is 71.2 Å². The van der Waals surface area contributed by atoms with Crippen LogP contribution >= 0.6 is 0 Å². The second-order valence-corrected chi connectivity index (χ2v) is 3.74. The molecule has 1 rings (SSSR count). The molecule has 0 aliphatic rings. The number of carbonyl (C=O) groups is 1. The van der Waals surface area contributed by atoms with E-state index in [1.165, 1.54) is 0 Å². The molecular formula is C11H18N4O. The summed E-state index contributed by atoms with van der Waals surface area (Å²) in [5.74, 6) is 0.805. The van der Waals surface area contributed by atoms with Crippen molar-refractivity contribution < 1.29 is 4.79 Å². The van der Waals surface area contributed by atoms with Crippen molar-refractivity contribution in [3.63, 3.8) is 0 Å². The van der Waals surface area contributed by atoms with Crippen LogP contribution in [0.15, 0.2) is 12.3 Å². The highest BCUT2D eigenvalue weighted by molar-refractivity contribution is 5.76. The number of nitrogen functional groups attached to an aromatic ring is 1. The third-order valence-electron chi connectivity index (χ3n) is 2.47. The average molecular weight is 222 g/mol. The molecule has 0 radical (unpaired) electrons. The Balaban J connectivity index is 2.62. The number of aromatic nitrogens is 1. The summed E-state index contributed by atoms with van der Waals surface area (Å²) < 4.78 is 0. The minimum Gasteiger partial charge on any atom is -0.398 e. The Bertz CT molecular complexity index is 378. The van der Waals surface area contributed by atoms with Gasteiger partial charge in [0.1, 0.15) is 5.82 Å². The van der Waals surface area contributed by atoms with E-state index in [9.17, 15) is 4.79 Å². The Morgan fingerprint density at radius 1 is 1.62 bits per heavy atom. The summed E-state index contributed by atoms with van der Waals surface area (Å²) in [5.41, 5.74) is 7.48. The number of carbonyl (C=O) groups excluding carboxylic acids is 1. The van der Waals surface area contributed by atoms with E-state index in [1.54, 1.807) is 13.2 Å². The van der Waals surface area contributed by atoms with Crippen LogP contribution in [0, 0.1) is 6.92 Å². The van der Waals surface area contributed by atoms with Crippen molar-refractivity contribution >= 4 is 17.4 Å².